The number of phenols is 2. The fourth-order valence-corrected chi connectivity index (χ4v) is 4.90. The molecule has 0 fully saturated rings. The van der Waals surface area contributed by atoms with Crippen LogP contribution in [0.15, 0.2) is 70.6 Å². The Morgan fingerprint density at radius 3 is 1.44 bits per heavy atom. The second kappa shape index (κ2) is 11.7. The minimum atomic E-state index is -0.620. The predicted octanol–water partition coefficient (Wildman–Crippen LogP) is 5.07. The highest BCUT2D eigenvalue weighted by Crippen LogP contribution is 2.33. The lowest BCUT2D eigenvalue weighted by atomic mass is 10.2. The minimum absolute atomic E-state index is 0.0201. The number of hydrogen-bond acceptors (Lipinski definition) is 7. The fraction of sp³-hybridized carbons (Fsp3) is 0. The lowest BCUT2D eigenvalue weighted by Gasteiger charge is -2.04. The van der Waals surface area contributed by atoms with Gasteiger partial charge in [0.1, 0.15) is 22.9 Å². The normalized spacial score (nSPS) is 11.2. The number of carbonyl (C=O) groups is 2. The van der Waals surface area contributed by atoms with E-state index in [0.29, 0.717) is 29.0 Å². The molecule has 0 aliphatic carbocycles. The number of hydrogen-bond donors (Lipinski definition) is 4. The van der Waals surface area contributed by atoms with E-state index in [0.717, 1.165) is 0 Å². The standard InChI is InChI=1S/C21H13Br4N5O4/c22-12-4-10(5-13(23)18(12)31)8-26-29-20(33)16-2-1-3-17(28-16)21(34)30-27-9-11-6-14(24)19(32)15(25)7-11/h1-9,31-32H,(H,29,33)(H,30,34)/b26-8-,27-9-. The summed E-state index contributed by atoms with van der Waals surface area (Å²) in [5.74, 6) is -1.14. The van der Waals surface area contributed by atoms with Crippen molar-refractivity contribution in [2.45, 2.75) is 0 Å². The highest BCUT2D eigenvalue weighted by Gasteiger charge is 2.12. The maximum absolute atomic E-state index is 12.4. The molecule has 0 saturated carbocycles. The molecule has 0 atom stereocenters. The van der Waals surface area contributed by atoms with Gasteiger partial charge in [-0.3, -0.25) is 9.59 Å². The number of hydrazone groups is 2. The third-order valence-electron chi connectivity index (χ3n) is 4.05. The molecule has 0 radical (unpaired) electrons. The second-order valence-corrected chi connectivity index (χ2v) is 9.89. The first-order valence-electron chi connectivity index (χ1n) is 9.15. The Kier molecular flexibility index (Phi) is 8.94. The van der Waals surface area contributed by atoms with Gasteiger partial charge in [-0.15, -0.1) is 0 Å². The van der Waals surface area contributed by atoms with Gasteiger partial charge in [0.05, 0.1) is 30.3 Å². The number of pyridine rings is 1. The Morgan fingerprint density at radius 2 is 1.09 bits per heavy atom. The third-order valence-corrected chi connectivity index (χ3v) is 6.47. The van der Waals surface area contributed by atoms with Crippen LogP contribution in [0.5, 0.6) is 11.5 Å². The summed E-state index contributed by atoms with van der Waals surface area (Å²) in [6, 6.07) is 10.9. The quantitative estimate of drug-likeness (QED) is 0.209. The van der Waals surface area contributed by atoms with Gasteiger partial charge in [0.2, 0.25) is 0 Å². The number of nitrogens with one attached hydrogen (secondary N) is 2. The van der Waals surface area contributed by atoms with Crippen molar-refractivity contribution in [3.05, 3.63) is 82.9 Å². The van der Waals surface area contributed by atoms with Crippen molar-refractivity contribution in [3.8, 4) is 11.5 Å². The van der Waals surface area contributed by atoms with Gasteiger partial charge in [-0.2, -0.15) is 10.2 Å². The van der Waals surface area contributed by atoms with Gasteiger partial charge in [0.15, 0.2) is 0 Å². The van der Waals surface area contributed by atoms with Crippen molar-refractivity contribution in [1.82, 2.24) is 15.8 Å². The lowest BCUT2D eigenvalue weighted by molar-refractivity contribution is 0.0945. The number of rotatable bonds is 6. The number of halogens is 4. The Labute approximate surface area is 226 Å². The van der Waals surface area contributed by atoms with Crippen LogP contribution >= 0.6 is 63.7 Å². The van der Waals surface area contributed by atoms with Crippen LogP contribution in [-0.2, 0) is 0 Å². The van der Waals surface area contributed by atoms with Gasteiger partial charge in [-0.1, -0.05) is 6.07 Å². The summed E-state index contributed by atoms with van der Waals surface area (Å²) in [6.07, 6.45) is 2.77. The summed E-state index contributed by atoms with van der Waals surface area (Å²) in [4.78, 5) is 28.7. The Morgan fingerprint density at radius 1 is 0.735 bits per heavy atom. The van der Waals surface area contributed by atoms with Gasteiger partial charge >= 0.3 is 0 Å². The average molecular weight is 719 g/mol. The van der Waals surface area contributed by atoms with E-state index in [4.69, 9.17) is 0 Å². The van der Waals surface area contributed by atoms with E-state index in [1.807, 2.05) is 0 Å². The Bertz CT molecular complexity index is 1190. The molecule has 0 spiro atoms. The van der Waals surface area contributed by atoms with Gasteiger partial charge in [0, 0.05) is 0 Å². The van der Waals surface area contributed by atoms with Crippen molar-refractivity contribution in [2.75, 3.05) is 0 Å². The summed E-state index contributed by atoms with van der Waals surface area (Å²) in [7, 11) is 0. The van der Waals surface area contributed by atoms with E-state index in [9.17, 15) is 19.8 Å². The average Bonchev–Trinajstić information content (AvgIpc) is 2.80. The molecule has 0 saturated heterocycles. The maximum Gasteiger partial charge on any atom is 0.289 e. The van der Waals surface area contributed by atoms with E-state index in [2.05, 4.69) is 89.8 Å². The minimum Gasteiger partial charge on any atom is -0.506 e. The molecule has 34 heavy (non-hydrogen) atoms. The largest absolute Gasteiger partial charge is 0.506 e. The molecular weight excluding hydrogens is 706 g/mol. The molecule has 174 valence electrons. The molecule has 2 aromatic carbocycles. The van der Waals surface area contributed by atoms with E-state index in [1.165, 1.54) is 30.6 Å². The van der Waals surface area contributed by atoms with Crippen molar-refractivity contribution >= 4 is 88.0 Å². The summed E-state index contributed by atoms with van der Waals surface area (Å²) in [6.45, 7) is 0. The van der Waals surface area contributed by atoms with Crippen molar-refractivity contribution in [1.29, 1.82) is 0 Å². The number of benzene rings is 2. The van der Waals surface area contributed by atoms with Gasteiger partial charge in [-0.25, -0.2) is 15.8 Å². The molecule has 9 nitrogen and oxygen atoms in total. The molecule has 1 heterocycles. The number of carbonyl (C=O) groups excluding carboxylic acids is 2. The summed E-state index contributed by atoms with van der Waals surface area (Å²) >= 11 is 12.9. The molecule has 13 heteroatoms. The summed E-state index contributed by atoms with van der Waals surface area (Å²) < 4.78 is 1.85. The van der Waals surface area contributed by atoms with Crippen molar-refractivity contribution in [2.24, 2.45) is 10.2 Å². The monoisotopic (exact) mass is 715 g/mol. The zero-order chi connectivity index (χ0) is 24.8. The number of aromatic nitrogens is 1. The van der Waals surface area contributed by atoms with E-state index >= 15 is 0 Å². The number of nitrogens with zero attached hydrogens (tertiary/aromatic N) is 3. The zero-order valence-corrected chi connectivity index (χ0v) is 23.1. The topological polar surface area (TPSA) is 136 Å². The molecule has 1 aromatic heterocycles. The van der Waals surface area contributed by atoms with Crippen LogP contribution in [-0.4, -0.2) is 39.4 Å². The zero-order valence-electron chi connectivity index (χ0n) is 16.8. The van der Waals surface area contributed by atoms with Crippen LogP contribution in [0.1, 0.15) is 32.1 Å². The first-order valence-corrected chi connectivity index (χ1v) is 12.3. The fourth-order valence-electron chi connectivity index (χ4n) is 2.45. The van der Waals surface area contributed by atoms with Crippen LogP contribution < -0.4 is 10.9 Å². The van der Waals surface area contributed by atoms with Gasteiger partial charge in [-0.05, 0) is 111 Å². The van der Waals surface area contributed by atoms with Gasteiger partial charge < -0.3 is 10.2 Å². The van der Waals surface area contributed by atoms with Crippen molar-refractivity contribution in [3.63, 3.8) is 0 Å². The van der Waals surface area contributed by atoms with Crippen LogP contribution in [0.2, 0.25) is 0 Å². The number of amides is 2. The van der Waals surface area contributed by atoms with E-state index < -0.39 is 11.8 Å². The molecular formula is C21H13Br4N5O4. The first kappa shape index (κ1) is 26.0. The molecule has 0 aliphatic rings. The first-order chi connectivity index (χ1) is 16.2. The highest BCUT2D eigenvalue weighted by atomic mass is 79.9. The maximum atomic E-state index is 12.4. The second-order valence-electron chi connectivity index (χ2n) is 6.47. The SMILES string of the molecule is O=C(N/N=C\c1cc(Br)c(O)c(Br)c1)c1cccc(C(=O)N/N=C\c2cc(Br)c(O)c(Br)c2)n1. The number of aromatic hydroxyl groups is 2. The smallest absolute Gasteiger partial charge is 0.289 e. The molecule has 2 amide bonds. The summed E-state index contributed by atoms with van der Waals surface area (Å²) in [5.41, 5.74) is 5.85. The van der Waals surface area contributed by atoms with Crippen LogP contribution in [0.25, 0.3) is 0 Å². The third kappa shape index (κ3) is 6.72. The Balaban J connectivity index is 1.63. The molecule has 3 aromatic rings. The molecule has 0 unspecified atom stereocenters. The van der Waals surface area contributed by atoms with Crippen LogP contribution in [0.4, 0.5) is 0 Å². The van der Waals surface area contributed by atoms with Gasteiger partial charge in [0.25, 0.3) is 11.8 Å². The highest BCUT2D eigenvalue weighted by molar-refractivity contribution is 9.11. The van der Waals surface area contributed by atoms with Crippen LogP contribution in [0.3, 0.4) is 0 Å². The molecule has 3 rings (SSSR count). The van der Waals surface area contributed by atoms with Crippen LogP contribution in [0, 0.1) is 0 Å². The van der Waals surface area contributed by atoms with E-state index in [1.54, 1.807) is 24.3 Å². The molecule has 0 bridgehead atoms. The lowest BCUT2D eigenvalue weighted by Crippen LogP contribution is -2.23. The number of phenolic OH excluding ortho intramolecular Hbond substituents is 2. The van der Waals surface area contributed by atoms with Crippen molar-refractivity contribution < 1.29 is 19.8 Å². The van der Waals surface area contributed by atoms with E-state index in [-0.39, 0.29) is 22.9 Å². The molecule has 4 N–H and O–H groups in total. The summed E-state index contributed by atoms with van der Waals surface area (Å²) in [5, 5.41) is 27.2. The Hall–Kier alpha value is -2.61. The predicted molar refractivity (Wildman–Crippen MR) is 141 cm³/mol. The molecule has 0 aliphatic heterocycles.